The van der Waals surface area contributed by atoms with Crippen LogP contribution in [0.3, 0.4) is 0 Å². The number of benzene rings is 3. The standard InChI is InChI=1S/C25H17N3/c1-2-5-13-20(12-4-1)24-26-27-25(21-14-6-3-7-15-21)28(24)23-18-10-16-19-11-8-9-17-22(19)23/h1-4,6-18H. The molecule has 0 spiro atoms. The molecule has 0 bridgehead atoms. The van der Waals surface area contributed by atoms with Gasteiger partial charge in [-0.25, -0.2) is 0 Å². The van der Waals surface area contributed by atoms with E-state index in [4.69, 9.17) is 0 Å². The molecular formula is C25H17N3. The number of rotatable bonds is 3. The van der Waals surface area contributed by atoms with Gasteiger partial charge in [-0.05, 0) is 23.6 Å². The van der Waals surface area contributed by atoms with Crippen molar-refractivity contribution in [3.05, 3.63) is 115 Å². The second-order valence-corrected chi connectivity index (χ2v) is 6.53. The van der Waals surface area contributed by atoms with Gasteiger partial charge in [-0.3, -0.25) is 4.57 Å². The Hall–Kier alpha value is -3.94. The molecule has 1 heterocycles. The zero-order valence-electron chi connectivity index (χ0n) is 15.2. The summed E-state index contributed by atoms with van der Waals surface area (Å²) in [5.41, 5.74) is 6.22. The minimum atomic E-state index is 0.794. The Labute approximate surface area is 163 Å². The molecule has 1 aliphatic carbocycles. The lowest BCUT2D eigenvalue weighted by Crippen LogP contribution is -2.03. The monoisotopic (exact) mass is 359 g/mol. The first-order chi connectivity index (χ1) is 13.9. The number of nitrogens with zero attached hydrogens (tertiary/aromatic N) is 3. The molecule has 0 amide bonds. The summed E-state index contributed by atoms with van der Waals surface area (Å²) in [7, 11) is 0. The van der Waals surface area contributed by atoms with Gasteiger partial charge >= 0.3 is 0 Å². The molecule has 1 aromatic heterocycles. The van der Waals surface area contributed by atoms with Gasteiger partial charge in [0.2, 0.25) is 0 Å². The third-order valence-electron chi connectivity index (χ3n) is 4.78. The quantitative estimate of drug-likeness (QED) is 0.436. The largest absolute Gasteiger partial charge is 0.274 e. The van der Waals surface area contributed by atoms with Crippen LogP contribution in [0.4, 0.5) is 0 Å². The zero-order chi connectivity index (χ0) is 18.8. The van der Waals surface area contributed by atoms with Crippen molar-refractivity contribution in [3.63, 3.8) is 0 Å². The molecule has 3 heteroatoms. The molecule has 0 radical (unpaired) electrons. The van der Waals surface area contributed by atoms with Gasteiger partial charge in [0.15, 0.2) is 11.6 Å². The predicted octanol–water partition coefficient (Wildman–Crippen LogP) is 5.75. The summed E-state index contributed by atoms with van der Waals surface area (Å²) >= 11 is 0. The normalized spacial score (nSPS) is 12.9. The third-order valence-corrected chi connectivity index (χ3v) is 4.78. The van der Waals surface area contributed by atoms with Gasteiger partial charge in [-0.1, -0.05) is 85.0 Å². The molecule has 5 rings (SSSR count). The van der Waals surface area contributed by atoms with E-state index in [0.29, 0.717) is 0 Å². The van der Waals surface area contributed by atoms with Crippen LogP contribution in [0.1, 0.15) is 5.82 Å². The lowest BCUT2D eigenvalue weighted by Gasteiger charge is -2.13. The summed E-state index contributed by atoms with van der Waals surface area (Å²) in [6.07, 6.45) is 9.83. The molecule has 0 saturated carbocycles. The van der Waals surface area contributed by atoms with Crippen molar-refractivity contribution in [2.75, 3.05) is 0 Å². The first kappa shape index (κ1) is 16.2. The average Bonchev–Trinajstić information content (AvgIpc) is 3.01. The molecule has 0 N–H and O–H groups in total. The summed E-state index contributed by atoms with van der Waals surface area (Å²) in [5.74, 6) is 1.61. The minimum Gasteiger partial charge on any atom is -0.274 e. The summed E-state index contributed by atoms with van der Waals surface area (Å²) in [6, 6.07) is 24.9. The molecule has 0 unspecified atom stereocenters. The Morgan fingerprint density at radius 1 is 0.714 bits per heavy atom. The van der Waals surface area contributed by atoms with Crippen LogP contribution in [0.25, 0.3) is 33.4 Å². The molecular weight excluding hydrogens is 342 g/mol. The Balaban J connectivity index is 1.84. The molecule has 3 nitrogen and oxygen atoms in total. The fourth-order valence-corrected chi connectivity index (χ4v) is 3.47. The van der Waals surface area contributed by atoms with Crippen LogP contribution in [-0.2, 0) is 0 Å². The van der Waals surface area contributed by atoms with Gasteiger partial charge in [0.05, 0.1) is 5.69 Å². The van der Waals surface area contributed by atoms with Crippen molar-refractivity contribution in [3.8, 4) is 17.1 Å². The van der Waals surface area contributed by atoms with E-state index >= 15 is 0 Å². The van der Waals surface area contributed by atoms with Crippen LogP contribution in [0.15, 0.2) is 109 Å². The summed E-state index contributed by atoms with van der Waals surface area (Å²) in [6.45, 7) is 0. The maximum atomic E-state index is 4.57. The summed E-state index contributed by atoms with van der Waals surface area (Å²) < 4.78 is 2.14. The minimum absolute atomic E-state index is 0.794. The van der Waals surface area contributed by atoms with E-state index < -0.39 is 0 Å². The van der Waals surface area contributed by atoms with Crippen molar-refractivity contribution in [2.24, 2.45) is 0 Å². The number of hydrogen-bond donors (Lipinski definition) is 0. The first-order valence-corrected chi connectivity index (χ1v) is 9.20. The van der Waals surface area contributed by atoms with E-state index in [2.05, 4.69) is 75.1 Å². The SMILES string of the molecule is C1=CC=CC=C(c2nnc(-c3ccccc3)n2-c2cccc3ccccc23)C=1. The average molecular weight is 359 g/mol. The van der Waals surface area contributed by atoms with E-state index in [1.54, 1.807) is 0 Å². The maximum Gasteiger partial charge on any atom is 0.169 e. The van der Waals surface area contributed by atoms with Crippen LogP contribution in [0, 0.1) is 0 Å². The highest BCUT2D eigenvalue weighted by molar-refractivity contribution is 5.91. The van der Waals surface area contributed by atoms with Crippen LogP contribution < -0.4 is 0 Å². The molecule has 0 fully saturated rings. The highest BCUT2D eigenvalue weighted by atomic mass is 15.3. The van der Waals surface area contributed by atoms with Gasteiger partial charge in [-0.15, -0.1) is 15.9 Å². The first-order valence-electron chi connectivity index (χ1n) is 9.20. The maximum absolute atomic E-state index is 4.57. The fraction of sp³-hybridized carbons (Fsp3) is 0. The van der Waals surface area contributed by atoms with Gasteiger partial charge in [0, 0.05) is 16.5 Å². The zero-order valence-corrected chi connectivity index (χ0v) is 15.2. The smallest absolute Gasteiger partial charge is 0.169 e. The van der Waals surface area contributed by atoms with Gasteiger partial charge in [0.25, 0.3) is 0 Å². The fourth-order valence-electron chi connectivity index (χ4n) is 3.47. The van der Waals surface area contributed by atoms with E-state index in [0.717, 1.165) is 33.9 Å². The Kier molecular flexibility index (Phi) is 4.06. The van der Waals surface area contributed by atoms with Crippen molar-refractivity contribution >= 4 is 16.3 Å². The highest BCUT2D eigenvalue weighted by Crippen LogP contribution is 2.31. The molecule has 0 atom stereocenters. The summed E-state index contributed by atoms with van der Waals surface area (Å²) in [5, 5.41) is 11.5. The predicted molar refractivity (Wildman–Crippen MR) is 114 cm³/mol. The van der Waals surface area contributed by atoms with E-state index in [1.165, 1.54) is 5.39 Å². The van der Waals surface area contributed by atoms with Crippen LogP contribution in [-0.4, -0.2) is 14.8 Å². The van der Waals surface area contributed by atoms with Crippen LogP contribution in [0.5, 0.6) is 0 Å². The Bertz CT molecular complexity index is 1280. The van der Waals surface area contributed by atoms with Gasteiger partial charge < -0.3 is 0 Å². The number of allylic oxidation sites excluding steroid dienone is 5. The molecule has 28 heavy (non-hydrogen) atoms. The number of aromatic nitrogens is 3. The van der Waals surface area contributed by atoms with Crippen molar-refractivity contribution in [1.82, 2.24) is 14.8 Å². The Morgan fingerprint density at radius 3 is 2.43 bits per heavy atom. The van der Waals surface area contributed by atoms with Crippen molar-refractivity contribution in [2.45, 2.75) is 0 Å². The lowest BCUT2D eigenvalue weighted by molar-refractivity contribution is 1.04. The number of fused-ring (bicyclic) bond motifs is 1. The topological polar surface area (TPSA) is 30.7 Å². The van der Waals surface area contributed by atoms with Crippen molar-refractivity contribution in [1.29, 1.82) is 0 Å². The van der Waals surface area contributed by atoms with Crippen LogP contribution in [0.2, 0.25) is 0 Å². The summed E-state index contributed by atoms with van der Waals surface area (Å²) in [4.78, 5) is 0. The molecule has 3 aromatic carbocycles. The molecule has 0 aliphatic heterocycles. The second-order valence-electron chi connectivity index (χ2n) is 6.53. The van der Waals surface area contributed by atoms with E-state index in [1.807, 2.05) is 48.6 Å². The molecule has 1 aliphatic rings. The van der Waals surface area contributed by atoms with E-state index in [-0.39, 0.29) is 0 Å². The lowest BCUT2D eigenvalue weighted by atomic mass is 10.1. The molecule has 0 saturated heterocycles. The van der Waals surface area contributed by atoms with Gasteiger partial charge in [0.1, 0.15) is 0 Å². The second kappa shape index (κ2) is 6.99. The highest BCUT2D eigenvalue weighted by Gasteiger charge is 2.19. The number of hydrogen-bond acceptors (Lipinski definition) is 2. The van der Waals surface area contributed by atoms with E-state index in [9.17, 15) is 0 Å². The van der Waals surface area contributed by atoms with Gasteiger partial charge in [-0.2, -0.15) is 0 Å². The molecule has 4 aromatic rings. The van der Waals surface area contributed by atoms with Crippen LogP contribution >= 0.6 is 0 Å². The molecule has 132 valence electrons. The third kappa shape index (κ3) is 2.81. The Morgan fingerprint density at radius 2 is 1.50 bits per heavy atom. The van der Waals surface area contributed by atoms with Crippen molar-refractivity contribution < 1.29 is 0 Å².